The fourth-order valence-electron chi connectivity index (χ4n) is 2.95. The lowest BCUT2D eigenvalue weighted by Crippen LogP contribution is -2.38. The number of nitrogens with zero attached hydrogens (tertiary/aromatic N) is 1. The Hall–Kier alpha value is -2.74. The van der Waals surface area contributed by atoms with Crippen molar-refractivity contribution in [3.05, 3.63) is 82.3 Å². The van der Waals surface area contributed by atoms with Crippen molar-refractivity contribution in [3.8, 4) is 5.75 Å². The molecule has 1 amide bonds. The van der Waals surface area contributed by atoms with Gasteiger partial charge in [0.05, 0.1) is 32.9 Å². The van der Waals surface area contributed by atoms with Gasteiger partial charge in [0.2, 0.25) is 5.91 Å². The highest BCUT2D eigenvalue weighted by Crippen LogP contribution is 2.30. The van der Waals surface area contributed by atoms with Gasteiger partial charge in [0.1, 0.15) is 12.3 Å². The van der Waals surface area contributed by atoms with Crippen LogP contribution in [0.15, 0.2) is 71.6 Å². The van der Waals surface area contributed by atoms with E-state index in [2.05, 4.69) is 5.32 Å². The van der Waals surface area contributed by atoms with Crippen molar-refractivity contribution in [2.24, 2.45) is 0 Å². The summed E-state index contributed by atoms with van der Waals surface area (Å²) in [7, 11) is -4.03. The molecule has 0 fully saturated rings. The number of hydrogen-bond acceptors (Lipinski definition) is 4. The first-order valence-electron chi connectivity index (χ1n) is 9.78. The van der Waals surface area contributed by atoms with Gasteiger partial charge in [0.25, 0.3) is 10.0 Å². The molecule has 3 aromatic rings. The molecule has 9 heteroatoms. The molecule has 0 unspecified atom stereocenters. The number of halogens is 2. The van der Waals surface area contributed by atoms with E-state index < -0.39 is 22.5 Å². The van der Waals surface area contributed by atoms with Gasteiger partial charge in [-0.1, -0.05) is 47.0 Å². The molecule has 32 heavy (non-hydrogen) atoms. The standard InChI is InChI=1S/C23H22Cl2N2O4S/c1-3-31-18-11-9-17(10-12-18)27(32(29,30)19-13-7-16(2)8-14-19)15-22(28)26-21-6-4-5-20(24)23(21)25/h4-14H,3,15H2,1-2H3,(H,26,28). The van der Waals surface area contributed by atoms with E-state index in [0.29, 0.717) is 23.7 Å². The van der Waals surface area contributed by atoms with Crippen molar-refractivity contribution >= 4 is 50.5 Å². The average Bonchev–Trinajstić information content (AvgIpc) is 2.76. The molecule has 0 radical (unpaired) electrons. The van der Waals surface area contributed by atoms with Gasteiger partial charge >= 0.3 is 0 Å². The summed E-state index contributed by atoms with van der Waals surface area (Å²) in [5.41, 5.74) is 1.54. The van der Waals surface area contributed by atoms with Gasteiger partial charge in [-0.05, 0) is 62.4 Å². The molecule has 0 saturated carbocycles. The van der Waals surface area contributed by atoms with E-state index in [0.717, 1.165) is 9.87 Å². The molecular weight excluding hydrogens is 471 g/mol. The molecule has 0 saturated heterocycles. The lowest BCUT2D eigenvalue weighted by atomic mass is 10.2. The van der Waals surface area contributed by atoms with Gasteiger partial charge in [0, 0.05) is 0 Å². The predicted molar refractivity (Wildman–Crippen MR) is 128 cm³/mol. The molecule has 1 N–H and O–H groups in total. The highest BCUT2D eigenvalue weighted by atomic mass is 35.5. The van der Waals surface area contributed by atoms with Gasteiger partial charge < -0.3 is 10.1 Å². The Bertz CT molecular complexity index is 1200. The number of nitrogens with one attached hydrogen (secondary N) is 1. The van der Waals surface area contributed by atoms with Crippen LogP contribution in [0, 0.1) is 6.92 Å². The van der Waals surface area contributed by atoms with Crippen molar-refractivity contribution in [1.29, 1.82) is 0 Å². The Morgan fingerprint density at radius 3 is 2.28 bits per heavy atom. The monoisotopic (exact) mass is 492 g/mol. The Morgan fingerprint density at radius 2 is 1.66 bits per heavy atom. The summed E-state index contributed by atoms with van der Waals surface area (Å²) < 4.78 is 33.3. The highest BCUT2D eigenvalue weighted by molar-refractivity contribution is 7.92. The zero-order chi connectivity index (χ0) is 23.3. The topological polar surface area (TPSA) is 75.7 Å². The molecule has 0 heterocycles. The summed E-state index contributed by atoms with van der Waals surface area (Å²) in [4.78, 5) is 12.9. The van der Waals surface area contributed by atoms with Crippen molar-refractivity contribution in [3.63, 3.8) is 0 Å². The third-order valence-electron chi connectivity index (χ3n) is 4.56. The summed E-state index contributed by atoms with van der Waals surface area (Å²) in [5.74, 6) is 0.0258. The Kier molecular flexibility index (Phi) is 7.66. The summed E-state index contributed by atoms with van der Waals surface area (Å²) in [6.07, 6.45) is 0. The van der Waals surface area contributed by atoms with E-state index in [9.17, 15) is 13.2 Å². The number of amides is 1. The van der Waals surface area contributed by atoms with Gasteiger partial charge in [0.15, 0.2) is 0 Å². The number of benzene rings is 3. The number of ether oxygens (including phenoxy) is 1. The average molecular weight is 493 g/mol. The predicted octanol–water partition coefficient (Wildman–Crippen LogP) is 5.53. The first-order valence-corrected chi connectivity index (χ1v) is 12.0. The zero-order valence-corrected chi connectivity index (χ0v) is 19.8. The van der Waals surface area contributed by atoms with Crippen molar-refractivity contribution < 1.29 is 17.9 Å². The van der Waals surface area contributed by atoms with Crippen LogP contribution in [0.25, 0.3) is 0 Å². The maximum Gasteiger partial charge on any atom is 0.264 e. The molecule has 3 rings (SSSR count). The van der Waals surface area contributed by atoms with E-state index in [4.69, 9.17) is 27.9 Å². The molecular formula is C23H22Cl2N2O4S. The summed E-state index contributed by atoms with van der Waals surface area (Å²) in [6.45, 7) is 3.73. The van der Waals surface area contributed by atoms with Crippen LogP contribution >= 0.6 is 23.2 Å². The largest absolute Gasteiger partial charge is 0.494 e. The second-order valence-electron chi connectivity index (χ2n) is 6.90. The molecule has 0 aromatic heterocycles. The number of carbonyl (C=O) groups excluding carboxylic acids is 1. The molecule has 0 aliphatic rings. The summed E-state index contributed by atoms with van der Waals surface area (Å²) in [5, 5.41) is 3.08. The first kappa shape index (κ1) is 23.9. The summed E-state index contributed by atoms with van der Waals surface area (Å²) >= 11 is 12.1. The van der Waals surface area contributed by atoms with E-state index >= 15 is 0 Å². The number of hydrogen-bond donors (Lipinski definition) is 1. The number of aryl methyl sites for hydroxylation is 1. The maximum atomic E-state index is 13.4. The number of anilines is 2. The lowest BCUT2D eigenvalue weighted by Gasteiger charge is -2.24. The third kappa shape index (κ3) is 5.54. The molecule has 3 aromatic carbocycles. The first-order chi connectivity index (χ1) is 15.2. The molecule has 0 spiro atoms. The minimum absolute atomic E-state index is 0.0746. The van der Waals surface area contributed by atoms with Crippen LogP contribution in [-0.2, 0) is 14.8 Å². The van der Waals surface area contributed by atoms with Gasteiger partial charge in [-0.2, -0.15) is 0 Å². The van der Waals surface area contributed by atoms with Crippen LogP contribution in [0.1, 0.15) is 12.5 Å². The van der Waals surface area contributed by atoms with Crippen molar-refractivity contribution in [2.75, 3.05) is 22.8 Å². The fourth-order valence-corrected chi connectivity index (χ4v) is 4.72. The van der Waals surface area contributed by atoms with Crippen LogP contribution in [0.3, 0.4) is 0 Å². The van der Waals surface area contributed by atoms with Crippen molar-refractivity contribution in [1.82, 2.24) is 0 Å². The summed E-state index contributed by atoms with van der Waals surface area (Å²) in [6, 6.07) is 17.7. The minimum Gasteiger partial charge on any atom is -0.494 e. The Labute approximate surface area is 197 Å². The van der Waals surface area contributed by atoms with Gasteiger partial charge in [-0.3, -0.25) is 9.10 Å². The van der Waals surface area contributed by atoms with Gasteiger partial charge in [-0.15, -0.1) is 0 Å². The normalized spacial score (nSPS) is 11.1. The van der Waals surface area contributed by atoms with E-state index in [1.54, 1.807) is 54.6 Å². The maximum absolute atomic E-state index is 13.4. The van der Waals surface area contributed by atoms with Crippen LogP contribution in [0.2, 0.25) is 10.0 Å². The molecule has 0 bridgehead atoms. The van der Waals surface area contributed by atoms with Crippen LogP contribution < -0.4 is 14.4 Å². The second kappa shape index (κ2) is 10.3. The molecule has 0 atom stereocenters. The number of rotatable bonds is 8. The van der Waals surface area contributed by atoms with E-state index in [-0.39, 0.29) is 14.9 Å². The van der Waals surface area contributed by atoms with E-state index in [1.807, 2.05) is 13.8 Å². The lowest BCUT2D eigenvalue weighted by molar-refractivity contribution is -0.114. The molecule has 0 aliphatic carbocycles. The van der Waals surface area contributed by atoms with Crippen LogP contribution in [-0.4, -0.2) is 27.5 Å². The molecule has 0 aliphatic heterocycles. The van der Waals surface area contributed by atoms with Gasteiger partial charge in [-0.25, -0.2) is 8.42 Å². The Balaban J connectivity index is 1.95. The zero-order valence-electron chi connectivity index (χ0n) is 17.5. The van der Waals surface area contributed by atoms with Crippen LogP contribution in [0.4, 0.5) is 11.4 Å². The SMILES string of the molecule is CCOc1ccc(N(CC(=O)Nc2cccc(Cl)c2Cl)S(=O)(=O)c2ccc(C)cc2)cc1. The van der Waals surface area contributed by atoms with E-state index in [1.165, 1.54) is 12.1 Å². The fraction of sp³-hybridized carbons (Fsp3) is 0.174. The second-order valence-corrected chi connectivity index (χ2v) is 9.55. The quantitative estimate of drug-likeness (QED) is 0.448. The van der Waals surface area contributed by atoms with Crippen molar-refractivity contribution in [2.45, 2.75) is 18.7 Å². The Morgan fingerprint density at radius 1 is 1.00 bits per heavy atom. The van der Waals surface area contributed by atoms with Crippen LogP contribution in [0.5, 0.6) is 5.75 Å². The number of sulfonamides is 1. The molecule has 168 valence electrons. The number of carbonyl (C=O) groups is 1. The molecule has 6 nitrogen and oxygen atoms in total. The smallest absolute Gasteiger partial charge is 0.264 e. The third-order valence-corrected chi connectivity index (χ3v) is 7.16. The highest BCUT2D eigenvalue weighted by Gasteiger charge is 2.27. The minimum atomic E-state index is -4.03.